The molecule has 0 aliphatic rings. The van der Waals surface area contributed by atoms with Crippen LogP contribution in [0, 0.1) is 0 Å². The summed E-state index contributed by atoms with van der Waals surface area (Å²) in [7, 11) is 0. The molecule has 6 heteroatoms. The van der Waals surface area contributed by atoms with Gasteiger partial charge in [0, 0.05) is 10.6 Å². The van der Waals surface area contributed by atoms with E-state index in [2.05, 4.69) is 15.2 Å². The summed E-state index contributed by atoms with van der Waals surface area (Å²) in [5, 5.41) is 7.49. The lowest BCUT2D eigenvalue weighted by Gasteiger charge is -2.07. The maximum absolute atomic E-state index is 12.1. The van der Waals surface area contributed by atoms with E-state index in [0.717, 1.165) is 0 Å². The molecule has 0 amide bonds. The minimum absolute atomic E-state index is 0.0445. The number of ketones is 1. The van der Waals surface area contributed by atoms with Crippen LogP contribution >= 0.6 is 23.4 Å². The first-order valence-electron chi connectivity index (χ1n) is 4.98. The van der Waals surface area contributed by atoms with Crippen molar-refractivity contribution in [1.82, 2.24) is 15.2 Å². The number of hydrogen-bond acceptors (Lipinski definition) is 4. The molecule has 0 spiro atoms. The van der Waals surface area contributed by atoms with E-state index in [9.17, 15) is 4.79 Å². The van der Waals surface area contributed by atoms with Crippen LogP contribution in [-0.2, 0) is 0 Å². The second-order valence-electron chi connectivity index (χ2n) is 3.42. The zero-order valence-electron chi connectivity index (χ0n) is 9.05. The van der Waals surface area contributed by atoms with E-state index >= 15 is 0 Å². The Morgan fingerprint density at radius 2 is 2.12 bits per heavy atom. The van der Waals surface area contributed by atoms with Crippen molar-refractivity contribution < 1.29 is 4.79 Å². The molecule has 1 atom stereocenters. The third-order valence-electron chi connectivity index (χ3n) is 2.18. The third kappa shape index (κ3) is 3.08. The highest BCUT2D eigenvalue weighted by Gasteiger charge is 2.17. The van der Waals surface area contributed by atoms with Crippen molar-refractivity contribution in [2.45, 2.75) is 17.3 Å². The molecule has 17 heavy (non-hydrogen) atoms. The largest absolute Gasteiger partial charge is 0.293 e. The van der Waals surface area contributed by atoms with Gasteiger partial charge in [-0.15, -0.1) is 0 Å². The second kappa shape index (κ2) is 5.33. The van der Waals surface area contributed by atoms with Crippen molar-refractivity contribution in [3.8, 4) is 0 Å². The van der Waals surface area contributed by atoms with Crippen molar-refractivity contribution in [1.29, 1.82) is 0 Å². The lowest BCUT2D eigenvalue weighted by atomic mass is 10.1. The number of nitrogens with one attached hydrogen (secondary N) is 1. The Hall–Kier alpha value is -1.33. The normalized spacial score (nSPS) is 12.4. The molecule has 1 heterocycles. The number of aromatic nitrogens is 3. The number of hydrogen-bond donors (Lipinski definition) is 1. The first-order valence-corrected chi connectivity index (χ1v) is 6.24. The maximum atomic E-state index is 12.1. The molecular weight excluding hydrogens is 258 g/mol. The van der Waals surface area contributed by atoms with Crippen LogP contribution in [-0.4, -0.2) is 26.2 Å². The summed E-state index contributed by atoms with van der Waals surface area (Å²) in [5.41, 5.74) is 0.647. The lowest BCUT2D eigenvalue weighted by Crippen LogP contribution is -2.13. The second-order valence-corrected chi connectivity index (χ2v) is 5.19. The predicted molar refractivity (Wildman–Crippen MR) is 67.5 cm³/mol. The van der Waals surface area contributed by atoms with Gasteiger partial charge in [0.25, 0.3) is 0 Å². The molecule has 1 N–H and O–H groups in total. The van der Waals surface area contributed by atoms with Crippen LogP contribution in [0.15, 0.2) is 35.7 Å². The van der Waals surface area contributed by atoms with Gasteiger partial charge in [-0.05, 0) is 31.2 Å². The molecule has 1 aromatic carbocycles. The van der Waals surface area contributed by atoms with Gasteiger partial charge >= 0.3 is 0 Å². The zero-order chi connectivity index (χ0) is 12.3. The number of carbonyl (C=O) groups excluding carboxylic acids is 1. The number of carbonyl (C=O) groups is 1. The quantitative estimate of drug-likeness (QED) is 0.684. The standard InChI is InChI=1S/C11H10ClN3OS/c1-7(17-11-13-6-14-15-11)10(16)8-2-4-9(12)5-3-8/h2-7H,1H3,(H,13,14,15)/t7-/m0/s1. The third-order valence-corrected chi connectivity index (χ3v) is 3.42. The summed E-state index contributed by atoms with van der Waals surface area (Å²) < 4.78 is 0. The fraction of sp³-hybridized carbons (Fsp3) is 0.182. The Morgan fingerprint density at radius 1 is 1.41 bits per heavy atom. The topological polar surface area (TPSA) is 58.6 Å². The predicted octanol–water partition coefficient (Wildman–Crippen LogP) is 2.82. The smallest absolute Gasteiger partial charge is 0.184 e. The highest BCUT2D eigenvalue weighted by atomic mass is 35.5. The molecule has 0 aliphatic heterocycles. The molecule has 88 valence electrons. The monoisotopic (exact) mass is 267 g/mol. The molecule has 0 aliphatic carbocycles. The van der Waals surface area contributed by atoms with Crippen LogP contribution in [0.5, 0.6) is 0 Å². The van der Waals surface area contributed by atoms with Gasteiger partial charge in [0.15, 0.2) is 10.9 Å². The van der Waals surface area contributed by atoms with Gasteiger partial charge in [-0.25, -0.2) is 4.98 Å². The lowest BCUT2D eigenvalue weighted by molar-refractivity contribution is 0.0994. The van der Waals surface area contributed by atoms with Crippen LogP contribution < -0.4 is 0 Å². The Labute approximate surface area is 108 Å². The van der Waals surface area contributed by atoms with E-state index in [1.807, 2.05) is 6.92 Å². The highest BCUT2D eigenvalue weighted by molar-refractivity contribution is 8.00. The fourth-order valence-electron chi connectivity index (χ4n) is 1.32. The zero-order valence-corrected chi connectivity index (χ0v) is 10.6. The van der Waals surface area contributed by atoms with E-state index in [0.29, 0.717) is 15.7 Å². The van der Waals surface area contributed by atoms with E-state index in [4.69, 9.17) is 11.6 Å². The van der Waals surface area contributed by atoms with E-state index in [1.54, 1.807) is 24.3 Å². The minimum atomic E-state index is -0.218. The van der Waals surface area contributed by atoms with Crippen LogP contribution in [0.4, 0.5) is 0 Å². The Balaban J connectivity index is 2.07. The highest BCUT2D eigenvalue weighted by Crippen LogP contribution is 2.22. The molecule has 0 saturated carbocycles. The molecule has 2 rings (SSSR count). The Bertz CT molecular complexity index is 498. The van der Waals surface area contributed by atoms with Crippen LogP contribution in [0.2, 0.25) is 5.02 Å². The van der Waals surface area contributed by atoms with Gasteiger partial charge in [0.05, 0.1) is 5.25 Å². The van der Waals surface area contributed by atoms with Gasteiger partial charge in [0.1, 0.15) is 6.33 Å². The van der Waals surface area contributed by atoms with E-state index in [-0.39, 0.29) is 11.0 Å². The average Bonchev–Trinajstić information content (AvgIpc) is 2.82. The summed E-state index contributed by atoms with van der Waals surface area (Å²) in [6.45, 7) is 1.84. The molecule has 0 saturated heterocycles. The Kier molecular flexibility index (Phi) is 3.81. The fourth-order valence-corrected chi connectivity index (χ4v) is 2.24. The minimum Gasteiger partial charge on any atom is -0.293 e. The number of rotatable bonds is 4. The number of nitrogens with zero attached hydrogens (tertiary/aromatic N) is 2. The molecular formula is C11H10ClN3OS. The van der Waals surface area contributed by atoms with Crippen LogP contribution in [0.25, 0.3) is 0 Å². The van der Waals surface area contributed by atoms with Crippen LogP contribution in [0.3, 0.4) is 0 Å². The molecule has 0 bridgehead atoms. The number of aromatic amines is 1. The van der Waals surface area contributed by atoms with E-state index < -0.39 is 0 Å². The molecule has 2 aromatic rings. The van der Waals surface area contributed by atoms with Crippen molar-refractivity contribution in [3.63, 3.8) is 0 Å². The summed E-state index contributed by atoms with van der Waals surface area (Å²) in [5.74, 6) is 0.0445. The van der Waals surface area contributed by atoms with Gasteiger partial charge in [-0.3, -0.25) is 9.89 Å². The van der Waals surface area contributed by atoms with Gasteiger partial charge in [0.2, 0.25) is 0 Å². The Morgan fingerprint density at radius 3 is 2.71 bits per heavy atom. The summed E-state index contributed by atoms with van der Waals surface area (Å²) in [6.07, 6.45) is 1.42. The van der Waals surface area contributed by atoms with Gasteiger partial charge < -0.3 is 0 Å². The van der Waals surface area contributed by atoms with Gasteiger partial charge in [-0.2, -0.15) is 5.10 Å². The van der Waals surface area contributed by atoms with Crippen molar-refractivity contribution >= 4 is 29.1 Å². The molecule has 4 nitrogen and oxygen atoms in total. The first kappa shape index (κ1) is 12.1. The number of thioether (sulfide) groups is 1. The summed E-state index contributed by atoms with van der Waals surface area (Å²) in [4.78, 5) is 16.0. The molecule has 0 fully saturated rings. The van der Waals surface area contributed by atoms with Crippen molar-refractivity contribution in [3.05, 3.63) is 41.2 Å². The average molecular weight is 268 g/mol. The maximum Gasteiger partial charge on any atom is 0.184 e. The summed E-state index contributed by atoms with van der Waals surface area (Å²) >= 11 is 7.12. The molecule has 0 radical (unpaired) electrons. The first-order chi connectivity index (χ1) is 8.16. The van der Waals surface area contributed by atoms with Crippen molar-refractivity contribution in [2.75, 3.05) is 0 Å². The molecule has 0 unspecified atom stereocenters. The van der Waals surface area contributed by atoms with Crippen LogP contribution in [0.1, 0.15) is 17.3 Å². The number of benzene rings is 1. The SMILES string of the molecule is C[C@H](Sc1ncn[nH]1)C(=O)c1ccc(Cl)cc1. The number of halogens is 1. The summed E-state index contributed by atoms with van der Waals surface area (Å²) in [6, 6.07) is 6.87. The number of H-pyrrole nitrogens is 1. The number of Topliss-reactive ketones (excluding diaryl/α,β-unsaturated/α-hetero) is 1. The van der Waals surface area contributed by atoms with Gasteiger partial charge in [-0.1, -0.05) is 23.4 Å². The molecule has 1 aromatic heterocycles. The van der Waals surface area contributed by atoms with Crippen molar-refractivity contribution in [2.24, 2.45) is 0 Å². The van der Waals surface area contributed by atoms with E-state index in [1.165, 1.54) is 18.1 Å².